The molecule has 1 aromatic heterocycles. The molecule has 0 aliphatic heterocycles. The first-order valence-electron chi connectivity index (χ1n) is 7.54. The van der Waals surface area contributed by atoms with Crippen LogP contribution in [0.5, 0.6) is 0 Å². The lowest BCUT2D eigenvalue weighted by Gasteiger charge is -2.15. The van der Waals surface area contributed by atoms with Gasteiger partial charge >= 0.3 is 6.18 Å². The van der Waals surface area contributed by atoms with Crippen LogP contribution in [0.4, 0.5) is 13.2 Å². The zero-order chi connectivity index (χ0) is 18.4. The summed E-state index contributed by atoms with van der Waals surface area (Å²) in [4.78, 5) is 23.5. The molecular formula is C17H17F3N2O3. The number of nitrogens with one attached hydrogen (secondary N) is 2. The molecule has 0 saturated carbocycles. The minimum absolute atomic E-state index is 0.0502. The van der Waals surface area contributed by atoms with Gasteiger partial charge in [0.2, 0.25) is 5.91 Å². The van der Waals surface area contributed by atoms with Crippen molar-refractivity contribution in [2.24, 2.45) is 0 Å². The lowest BCUT2D eigenvalue weighted by Crippen LogP contribution is -2.32. The number of rotatable bonds is 6. The van der Waals surface area contributed by atoms with E-state index in [2.05, 4.69) is 10.6 Å². The van der Waals surface area contributed by atoms with E-state index in [1.165, 1.54) is 30.7 Å². The van der Waals surface area contributed by atoms with Gasteiger partial charge in [-0.15, -0.1) is 0 Å². The van der Waals surface area contributed by atoms with Crippen LogP contribution in [-0.2, 0) is 11.0 Å². The first-order chi connectivity index (χ1) is 11.8. The minimum Gasteiger partial charge on any atom is -0.472 e. The lowest BCUT2D eigenvalue weighted by molar-refractivity contribution is -0.137. The molecule has 1 unspecified atom stereocenters. The number of benzene rings is 1. The summed E-state index contributed by atoms with van der Waals surface area (Å²) >= 11 is 0. The molecule has 1 atom stereocenters. The molecular weight excluding hydrogens is 337 g/mol. The summed E-state index contributed by atoms with van der Waals surface area (Å²) in [5.74, 6) is -0.669. The second-order valence-electron chi connectivity index (χ2n) is 5.43. The topological polar surface area (TPSA) is 71.3 Å². The van der Waals surface area contributed by atoms with Crippen molar-refractivity contribution in [3.05, 3.63) is 59.5 Å². The third kappa shape index (κ3) is 5.37. The van der Waals surface area contributed by atoms with Crippen molar-refractivity contribution in [1.82, 2.24) is 10.6 Å². The van der Waals surface area contributed by atoms with Gasteiger partial charge < -0.3 is 15.1 Å². The van der Waals surface area contributed by atoms with Crippen LogP contribution in [0.2, 0.25) is 0 Å². The number of furan rings is 1. The SMILES string of the molecule is CC(NC(=O)CCNC(=O)c1ccoc1)c1ccc(C(F)(F)F)cc1. The quantitative estimate of drug-likeness (QED) is 0.836. The van der Waals surface area contributed by atoms with E-state index in [4.69, 9.17) is 4.42 Å². The molecule has 0 aliphatic rings. The fourth-order valence-electron chi connectivity index (χ4n) is 2.14. The number of alkyl halides is 3. The Morgan fingerprint density at radius 2 is 1.84 bits per heavy atom. The van der Waals surface area contributed by atoms with E-state index >= 15 is 0 Å². The van der Waals surface area contributed by atoms with E-state index in [1.54, 1.807) is 6.92 Å². The predicted molar refractivity (Wildman–Crippen MR) is 83.7 cm³/mol. The molecule has 0 saturated heterocycles. The first kappa shape index (κ1) is 18.6. The maximum absolute atomic E-state index is 12.5. The molecule has 2 amide bonds. The van der Waals surface area contributed by atoms with Crippen LogP contribution in [0.3, 0.4) is 0 Å². The standard InChI is InChI=1S/C17H17F3N2O3/c1-11(12-2-4-14(5-3-12)17(18,19)20)22-15(23)6-8-21-16(24)13-7-9-25-10-13/h2-5,7,9-11H,6,8H2,1H3,(H,21,24)(H,22,23). The lowest BCUT2D eigenvalue weighted by atomic mass is 10.1. The minimum atomic E-state index is -4.39. The van der Waals surface area contributed by atoms with Gasteiger partial charge in [0.15, 0.2) is 0 Å². The van der Waals surface area contributed by atoms with E-state index in [9.17, 15) is 22.8 Å². The zero-order valence-electron chi connectivity index (χ0n) is 13.4. The number of carbonyl (C=O) groups excluding carboxylic acids is 2. The highest BCUT2D eigenvalue weighted by molar-refractivity contribution is 5.94. The van der Waals surface area contributed by atoms with Gasteiger partial charge in [-0.3, -0.25) is 9.59 Å². The average molecular weight is 354 g/mol. The smallest absolute Gasteiger partial charge is 0.416 e. The second-order valence-corrected chi connectivity index (χ2v) is 5.43. The molecule has 0 fully saturated rings. The summed E-state index contributed by atoms with van der Waals surface area (Å²) in [7, 11) is 0. The van der Waals surface area contributed by atoms with Gasteiger partial charge in [-0.05, 0) is 30.7 Å². The van der Waals surface area contributed by atoms with Crippen molar-refractivity contribution >= 4 is 11.8 Å². The molecule has 5 nitrogen and oxygen atoms in total. The molecule has 1 aromatic carbocycles. The summed E-state index contributed by atoms with van der Waals surface area (Å²) in [5, 5.41) is 5.24. The number of halogens is 3. The van der Waals surface area contributed by atoms with E-state index in [1.807, 2.05) is 0 Å². The largest absolute Gasteiger partial charge is 0.472 e. The van der Waals surface area contributed by atoms with Gasteiger partial charge in [0, 0.05) is 13.0 Å². The Morgan fingerprint density at radius 3 is 2.40 bits per heavy atom. The predicted octanol–water partition coefficient (Wildman–Crippen LogP) is 3.30. The van der Waals surface area contributed by atoms with Gasteiger partial charge in [-0.2, -0.15) is 13.2 Å². The van der Waals surface area contributed by atoms with E-state index in [0.29, 0.717) is 11.1 Å². The summed E-state index contributed by atoms with van der Waals surface area (Å²) in [6.45, 7) is 1.81. The highest BCUT2D eigenvalue weighted by Crippen LogP contribution is 2.29. The molecule has 0 aliphatic carbocycles. The average Bonchev–Trinajstić information content (AvgIpc) is 3.08. The Bertz CT molecular complexity index is 710. The monoisotopic (exact) mass is 354 g/mol. The molecule has 2 rings (SSSR count). The van der Waals surface area contributed by atoms with Crippen LogP contribution in [0, 0.1) is 0 Å². The van der Waals surface area contributed by atoms with Gasteiger partial charge in [-0.25, -0.2) is 0 Å². The Kier molecular flexibility index (Phi) is 5.84. The zero-order valence-corrected chi connectivity index (χ0v) is 13.4. The number of hydrogen-bond acceptors (Lipinski definition) is 3. The number of carbonyl (C=O) groups is 2. The Labute approximate surface area is 142 Å². The summed E-state index contributed by atoms with van der Waals surface area (Å²) in [5.41, 5.74) is 0.180. The maximum atomic E-state index is 12.5. The first-order valence-corrected chi connectivity index (χ1v) is 7.54. The molecule has 25 heavy (non-hydrogen) atoms. The molecule has 0 radical (unpaired) electrons. The van der Waals surface area contributed by atoms with Crippen LogP contribution in [0.1, 0.15) is 40.9 Å². The van der Waals surface area contributed by atoms with Gasteiger partial charge in [-0.1, -0.05) is 12.1 Å². The normalized spacial score (nSPS) is 12.5. The third-order valence-corrected chi connectivity index (χ3v) is 3.54. The van der Waals surface area contributed by atoms with Crippen LogP contribution in [-0.4, -0.2) is 18.4 Å². The Hall–Kier alpha value is -2.77. The van der Waals surface area contributed by atoms with Crippen molar-refractivity contribution in [3.63, 3.8) is 0 Å². The van der Waals surface area contributed by atoms with E-state index < -0.39 is 17.8 Å². The van der Waals surface area contributed by atoms with Crippen molar-refractivity contribution in [1.29, 1.82) is 0 Å². The van der Waals surface area contributed by atoms with Crippen molar-refractivity contribution in [3.8, 4) is 0 Å². The highest BCUT2D eigenvalue weighted by Gasteiger charge is 2.30. The van der Waals surface area contributed by atoms with Gasteiger partial charge in [0.05, 0.1) is 23.4 Å². The molecule has 1 heterocycles. The highest BCUT2D eigenvalue weighted by atomic mass is 19.4. The number of hydrogen-bond donors (Lipinski definition) is 2. The summed E-state index contributed by atoms with van der Waals surface area (Å²) in [6.07, 6.45) is -1.68. The van der Waals surface area contributed by atoms with Crippen molar-refractivity contribution < 1.29 is 27.2 Å². The molecule has 8 heteroatoms. The van der Waals surface area contributed by atoms with Crippen LogP contribution >= 0.6 is 0 Å². The van der Waals surface area contributed by atoms with Crippen molar-refractivity contribution in [2.45, 2.75) is 25.6 Å². The van der Waals surface area contributed by atoms with Gasteiger partial charge in [0.25, 0.3) is 5.91 Å². The molecule has 0 spiro atoms. The van der Waals surface area contributed by atoms with Crippen LogP contribution in [0.15, 0.2) is 47.3 Å². The summed E-state index contributed by atoms with van der Waals surface area (Å²) in [6, 6.07) is 5.66. The fourth-order valence-corrected chi connectivity index (χ4v) is 2.14. The third-order valence-electron chi connectivity index (χ3n) is 3.54. The van der Waals surface area contributed by atoms with Gasteiger partial charge in [0.1, 0.15) is 6.26 Å². The fraction of sp³-hybridized carbons (Fsp3) is 0.294. The summed E-state index contributed by atoms with van der Waals surface area (Å²) < 4.78 is 42.4. The second kappa shape index (κ2) is 7.87. The molecule has 0 bridgehead atoms. The van der Waals surface area contributed by atoms with Crippen LogP contribution in [0.25, 0.3) is 0 Å². The van der Waals surface area contributed by atoms with E-state index in [0.717, 1.165) is 12.1 Å². The molecule has 2 aromatic rings. The Balaban J connectivity index is 1.79. The number of amides is 2. The Morgan fingerprint density at radius 1 is 1.16 bits per heavy atom. The van der Waals surface area contributed by atoms with Crippen molar-refractivity contribution in [2.75, 3.05) is 6.54 Å². The molecule has 2 N–H and O–H groups in total. The van der Waals surface area contributed by atoms with E-state index in [-0.39, 0.29) is 24.8 Å². The molecule has 134 valence electrons. The maximum Gasteiger partial charge on any atom is 0.416 e. The van der Waals surface area contributed by atoms with Crippen LogP contribution < -0.4 is 10.6 Å².